The van der Waals surface area contributed by atoms with E-state index in [4.69, 9.17) is 4.74 Å². The lowest BCUT2D eigenvalue weighted by Gasteiger charge is -2.36. The number of halogens is 1. The van der Waals surface area contributed by atoms with Crippen LogP contribution < -0.4 is 15.5 Å². The van der Waals surface area contributed by atoms with Crippen LogP contribution in [0, 0.1) is 0 Å². The Bertz CT molecular complexity index is 421. The highest BCUT2D eigenvalue weighted by molar-refractivity contribution is 9.10. The zero-order chi connectivity index (χ0) is 12.4. The van der Waals surface area contributed by atoms with E-state index in [2.05, 4.69) is 49.7 Å². The highest BCUT2D eigenvalue weighted by Crippen LogP contribution is 2.31. The Morgan fingerprint density at radius 3 is 3.17 bits per heavy atom. The lowest BCUT2D eigenvalue weighted by molar-refractivity contribution is 0.0334. The van der Waals surface area contributed by atoms with Gasteiger partial charge in [-0.3, -0.25) is 0 Å². The van der Waals surface area contributed by atoms with E-state index in [0.717, 1.165) is 43.8 Å². The van der Waals surface area contributed by atoms with Gasteiger partial charge in [0.05, 0.1) is 24.1 Å². The number of benzene rings is 1. The molecule has 1 unspecified atom stereocenters. The number of ether oxygens (including phenoxy) is 1. The molecule has 0 saturated carbocycles. The van der Waals surface area contributed by atoms with Crippen molar-refractivity contribution < 1.29 is 4.74 Å². The van der Waals surface area contributed by atoms with Gasteiger partial charge in [-0.15, -0.1) is 0 Å². The van der Waals surface area contributed by atoms with E-state index in [1.807, 2.05) is 0 Å². The highest BCUT2D eigenvalue weighted by atomic mass is 79.9. The number of nitrogens with one attached hydrogen (secondary N) is 2. The molecule has 1 saturated heterocycles. The number of nitrogens with zero attached hydrogens (tertiary/aromatic N) is 1. The molecule has 0 bridgehead atoms. The SMILES string of the molecule is Brc1ccc2c(c1)NCCN2CC1CNCCO1. The van der Waals surface area contributed by atoms with Gasteiger partial charge in [0.1, 0.15) is 0 Å². The van der Waals surface area contributed by atoms with Gasteiger partial charge in [-0.1, -0.05) is 15.9 Å². The van der Waals surface area contributed by atoms with Gasteiger partial charge in [0.15, 0.2) is 0 Å². The third kappa shape index (κ3) is 2.63. The number of hydrogen-bond donors (Lipinski definition) is 2. The zero-order valence-electron chi connectivity index (χ0n) is 10.3. The maximum absolute atomic E-state index is 5.79. The molecule has 2 heterocycles. The summed E-state index contributed by atoms with van der Waals surface area (Å²) in [6.07, 6.45) is 0.299. The first-order chi connectivity index (χ1) is 8.83. The van der Waals surface area contributed by atoms with Crippen molar-refractivity contribution in [3.8, 4) is 0 Å². The lowest BCUT2D eigenvalue weighted by atomic mass is 10.1. The summed E-state index contributed by atoms with van der Waals surface area (Å²) < 4.78 is 6.90. The smallest absolute Gasteiger partial charge is 0.0874 e. The van der Waals surface area contributed by atoms with Crippen molar-refractivity contribution in [2.45, 2.75) is 6.10 Å². The van der Waals surface area contributed by atoms with Crippen LogP contribution in [0.2, 0.25) is 0 Å². The first-order valence-electron chi connectivity index (χ1n) is 6.43. The van der Waals surface area contributed by atoms with Crippen molar-refractivity contribution in [3.05, 3.63) is 22.7 Å². The monoisotopic (exact) mass is 311 g/mol. The second-order valence-corrected chi connectivity index (χ2v) is 5.65. The molecule has 4 nitrogen and oxygen atoms in total. The van der Waals surface area contributed by atoms with E-state index in [-0.39, 0.29) is 0 Å². The Morgan fingerprint density at radius 2 is 2.33 bits per heavy atom. The summed E-state index contributed by atoms with van der Waals surface area (Å²) >= 11 is 3.52. The first kappa shape index (κ1) is 12.3. The third-order valence-electron chi connectivity index (χ3n) is 3.42. The van der Waals surface area contributed by atoms with E-state index < -0.39 is 0 Å². The van der Waals surface area contributed by atoms with Crippen LogP contribution >= 0.6 is 15.9 Å². The van der Waals surface area contributed by atoms with Crippen LogP contribution in [0.25, 0.3) is 0 Å². The molecule has 98 valence electrons. The molecule has 2 aliphatic rings. The predicted octanol–water partition coefficient (Wildman–Crippen LogP) is 1.67. The van der Waals surface area contributed by atoms with Crippen LogP contribution in [0.15, 0.2) is 22.7 Å². The van der Waals surface area contributed by atoms with Crippen LogP contribution in [0.5, 0.6) is 0 Å². The fourth-order valence-corrected chi connectivity index (χ4v) is 2.91. The van der Waals surface area contributed by atoms with Crippen LogP contribution in [0.3, 0.4) is 0 Å². The molecule has 1 aromatic carbocycles. The molecule has 2 aliphatic heterocycles. The lowest BCUT2D eigenvalue weighted by Crippen LogP contribution is -2.47. The van der Waals surface area contributed by atoms with Crippen molar-refractivity contribution in [1.29, 1.82) is 0 Å². The average molecular weight is 312 g/mol. The number of fused-ring (bicyclic) bond motifs is 1. The normalized spacial score (nSPS) is 23.4. The fourth-order valence-electron chi connectivity index (χ4n) is 2.54. The van der Waals surface area contributed by atoms with Gasteiger partial charge in [-0.2, -0.15) is 0 Å². The minimum atomic E-state index is 0.299. The third-order valence-corrected chi connectivity index (χ3v) is 3.92. The van der Waals surface area contributed by atoms with Crippen molar-refractivity contribution in [2.24, 2.45) is 0 Å². The molecule has 0 radical (unpaired) electrons. The summed E-state index contributed by atoms with van der Waals surface area (Å²) in [7, 11) is 0. The molecule has 0 spiro atoms. The van der Waals surface area contributed by atoms with Gasteiger partial charge in [0.25, 0.3) is 0 Å². The maximum atomic E-state index is 5.79. The maximum Gasteiger partial charge on any atom is 0.0874 e. The Balaban J connectivity index is 1.74. The number of morpholine rings is 1. The molecule has 2 N–H and O–H groups in total. The molecule has 3 rings (SSSR count). The van der Waals surface area contributed by atoms with Gasteiger partial charge >= 0.3 is 0 Å². The summed E-state index contributed by atoms with van der Waals surface area (Å²) in [6, 6.07) is 6.40. The largest absolute Gasteiger partial charge is 0.382 e. The van der Waals surface area contributed by atoms with Gasteiger partial charge < -0.3 is 20.3 Å². The summed E-state index contributed by atoms with van der Waals surface area (Å²) in [6.45, 7) is 5.74. The van der Waals surface area contributed by atoms with E-state index in [1.165, 1.54) is 11.4 Å². The van der Waals surface area contributed by atoms with Crippen LogP contribution in [0.1, 0.15) is 0 Å². The predicted molar refractivity (Wildman–Crippen MR) is 77.5 cm³/mol. The number of anilines is 2. The Morgan fingerprint density at radius 1 is 1.39 bits per heavy atom. The van der Waals surface area contributed by atoms with Crippen molar-refractivity contribution in [1.82, 2.24) is 5.32 Å². The van der Waals surface area contributed by atoms with Crippen molar-refractivity contribution >= 4 is 27.3 Å². The van der Waals surface area contributed by atoms with Gasteiger partial charge in [-0.05, 0) is 18.2 Å². The van der Waals surface area contributed by atoms with E-state index >= 15 is 0 Å². The molecule has 18 heavy (non-hydrogen) atoms. The number of rotatable bonds is 2. The molecule has 0 aromatic heterocycles. The second-order valence-electron chi connectivity index (χ2n) is 4.73. The van der Waals surface area contributed by atoms with E-state index in [0.29, 0.717) is 6.10 Å². The summed E-state index contributed by atoms with van der Waals surface area (Å²) in [5, 5.41) is 6.83. The van der Waals surface area contributed by atoms with Crippen LogP contribution in [-0.2, 0) is 4.74 Å². The topological polar surface area (TPSA) is 36.5 Å². The van der Waals surface area contributed by atoms with Gasteiger partial charge in [-0.25, -0.2) is 0 Å². The van der Waals surface area contributed by atoms with E-state index in [9.17, 15) is 0 Å². The molecule has 1 aromatic rings. The minimum Gasteiger partial charge on any atom is -0.382 e. The minimum absolute atomic E-state index is 0.299. The van der Waals surface area contributed by atoms with Gasteiger partial charge in [0, 0.05) is 37.2 Å². The fraction of sp³-hybridized carbons (Fsp3) is 0.538. The average Bonchev–Trinajstić information content (AvgIpc) is 2.40. The summed E-state index contributed by atoms with van der Waals surface area (Å²) in [4.78, 5) is 2.41. The molecular weight excluding hydrogens is 294 g/mol. The molecule has 0 amide bonds. The Labute approximate surface area is 116 Å². The molecule has 0 aliphatic carbocycles. The highest BCUT2D eigenvalue weighted by Gasteiger charge is 2.21. The standard InChI is InChI=1S/C13H18BrN3O/c14-10-1-2-13-12(7-10)16-3-5-17(13)9-11-8-15-4-6-18-11/h1-2,7,11,15-16H,3-6,8-9H2. The zero-order valence-corrected chi connectivity index (χ0v) is 11.9. The molecule has 1 fully saturated rings. The molecule has 5 heteroatoms. The molecular formula is C13H18BrN3O. The second kappa shape index (κ2) is 5.47. The van der Waals surface area contributed by atoms with Crippen LogP contribution in [-0.4, -0.2) is 45.4 Å². The van der Waals surface area contributed by atoms with Crippen molar-refractivity contribution in [3.63, 3.8) is 0 Å². The first-order valence-corrected chi connectivity index (χ1v) is 7.23. The van der Waals surface area contributed by atoms with Gasteiger partial charge in [0.2, 0.25) is 0 Å². The Kier molecular flexibility index (Phi) is 3.72. The molecule has 1 atom stereocenters. The van der Waals surface area contributed by atoms with E-state index in [1.54, 1.807) is 0 Å². The number of hydrogen-bond acceptors (Lipinski definition) is 4. The quantitative estimate of drug-likeness (QED) is 0.871. The van der Waals surface area contributed by atoms with Crippen molar-refractivity contribution in [2.75, 3.05) is 49.5 Å². The summed E-state index contributed by atoms with van der Waals surface area (Å²) in [5.74, 6) is 0. The Hall–Kier alpha value is -0.780. The van der Waals surface area contributed by atoms with Crippen LogP contribution in [0.4, 0.5) is 11.4 Å². The summed E-state index contributed by atoms with van der Waals surface area (Å²) in [5.41, 5.74) is 2.48.